The third-order valence-electron chi connectivity index (χ3n) is 5.06. The maximum absolute atomic E-state index is 12.6. The van der Waals surface area contributed by atoms with Crippen molar-refractivity contribution in [1.82, 2.24) is 9.21 Å². The molecule has 1 N–H and O–H groups in total. The van der Waals surface area contributed by atoms with Crippen LogP contribution in [-0.4, -0.2) is 56.8 Å². The molecule has 2 aromatic rings. The van der Waals surface area contributed by atoms with Gasteiger partial charge in [-0.2, -0.15) is 4.31 Å². The van der Waals surface area contributed by atoms with E-state index in [0.717, 1.165) is 29.9 Å². The fourth-order valence-electron chi connectivity index (χ4n) is 3.19. The SMILES string of the molecule is Cc1ccc(C)c(NC(=O)c2ccc(CS(=O)(=O)N3CCN(C)CC3)cc2)c1. The van der Waals surface area contributed by atoms with Gasteiger partial charge in [-0.05, 0) is 55.8 Å². The zero-order valence-electron chi connectivity index (χ0n) is 16.6. The Morgan fingerprint density at radius 1 is 1.00 bits per heavy atom. The summed E-state index contributed by atoms with van der Waals surface area (Å²) in [5.74, 6) is -0.252. The van der Waals surface area contributed by atoms with Crippen LogP contribution in [-0.2, 0) is 15.8 Å². The quantitative estimate of drug-likeness (QED) is 0.836. The van der Waals surface area contributed by atoms with Gasteiger partial charge in [-0.1, -0.05) is 24.3 Å². The molecule has 0 atom stereocenters. The highest BCUT2D eigenvalue weighted by atomic mass is 32.2. The first-order valence-electron chi connectivity index (χ1n) is 9.38. The van der Waals surface area contributed by atoms with Gasteiger partial charge in [-0.25, -0.2) is 8.42 Å². The molecule has 1 aliphatic heterocycles. The zero-order chi connectivity index (χ0) is 20.3. The number of benzene rings is 2. The summed E-state index contributed by atoms with van der Waals surface area (Å²) in [6, 6.07) is 12.7. The molecule has 1 heterocycles. The molecule has 28 heavy (non-hydrogen) atoms. The third kappa shape index (κ3) is 4.98. The van der Waals surface area contributed by atoms with E-state index in [1.807, 2.05) is 39.1 Å². The lowest BCUT2D eigenvalue weighted by atomic mass is 10.1. The lowest BCUT2D eigenvalue weighted by molar-refractivity contribution is 0.102. The number of sulfonamides is 1. The molecule has 0 spiro atoms. The van der Waals surface area contributed by atoms with Gasteiger partial charge in [-0.3, -0.25) is 4.79 Å². The molecule has 1 amide bonds. The highest BCUT2D eigenvalue weighted by Gasteiger charge is 2.25. The minimum atomic E-state index is -3.35. The van der Waals surface area contributed by atoms with Crippen molar-refractivity contribution in [2.24, 2.45) is 0 Å². The largest absolute Gasteiger partial charge is 0.322 e. The van der Waals surface area contributed by atoms with Gasteiger partial charge in [0, 0.05) is 37.4 Å². The zero-order valence-corrected chi connectivity index (χ0v) is 17.4. The number of piperazine rings is 1. The molecule has 150 valence electrons. The number of carbonyl (C=O) groups excluding carboxylic acids is 1. The molecule has 6 nitrogen and oxygen atoms in total. The molecule has 3 rings (SSSR count). The Morgan fingerprint density at radius 2 is 1.64 bits per heavy atom. The molecule has 7 heteroatoms. The normalized spacial score (nSPS) is 16.1. The van der Waals surface area contributed by atoms with Crippen LogP contribution in [0.1, 0.15) is 27.0 Å². The van der Waals surface area contributed by atoms with Crippen molar-refractivity contribution < 1.29 is 13.2 Å². The summed E-state index contributed by atoms with van der Waals surface area (Å²) in [5, 5.41) is 2.92. The number of hydrogen-bond donors (Lipinski definition) is 1. The smallest absolute Gasteiger partial charge is 0.255 e. The van der Waals surface area contributed by atoms with Gasteiger partial charge in [-0.15, -0.1) is 0 Å². The molecule has 0 aromatic heterocycles. The topological polar surface area (TPSA) is 69.7 Å². The van der Waals surface area contributed by atoms with E-state index in [9.17, 15) is 13.2 Å². The predicted octanol–water partition coefficient (Wildman–Crippen LogP) is 2.63. The summed E-state index contributed by atoms with van der Waals surface area (Å²) in [5.41, 5.74) is 4.04. The molecule has 0 radical (unpaired) electrons. The maximum Gasteiger partial charge on any atom is 0.255 e. The second-order valence-electron chi connectivity index (χ2n) is 7.43. The van der Waals surface area contributed by atoms with Gasteiger partial charge in [0.25, 0.3) is 5.91 Å². The van der Waals surface area contributed by atoms with Crippen LogP contribution in [0.5, 0.6) is 0 Å². The monoisotopic (exact) mass is 401 g/mol. The van der Waals surface area contributed by atoms with Crippen LogP contribution >= 0.6 is 0 Å². The van der Waals surface area contributed by atoms with Crippen LogP contribution in [0.2, 0.25) is 0 Å². The molecule has 1 aliphatic rings. The molecule has 0 aliphatic carbocycles. The van der Waals surface area contributed by atoms with E-state index in [1.165, 1.54) is 0 Å². The molecule has 0 bridgehead atoms. The Labute approximate surface area is 167 Å². The Balaban J connectivity index is 1.66. The highest BCUT2D eigenvalue weighted by Crippen LogP contribution is 2.18. The van der Waals surface area contributed by atoms with Gasteiger partial charge >= 0.3 is 0 Å². The second kappa shape index (κ2) is 8.43. The Kier molecular flexibility index (Phi) is 6.17. The van der Waals surface area contributed by atoms with Gasteiger partial charge in [0.1, 0.15) is 0 Å². The summed E-state index contributed by atoms with van der Waals surface area (Å²) in [6.45, 7) is 6.46. The van der Waals surface area contributed by atoms with Crippen LogP contribution in [0.4, 0.5) is 5.69 Å². The van der Waals surface area contributed by atoms with E-state index in [2.05, 4.69) is 10.2 Å². The number of hydrogen-bond acceptors (Lipinski definition) is 4. The van der Waals surface area contributed by atoms with Crippen molar-refractivity contribution in [3.8, 4) is 0 Å². The molecule has 0 unspecified atom stereocenters. The van der Waals surface area contributed by atoms with E-state index in [0.29, 0.717) is 24.2 Å². The van der Waals surface area contributed by atoms with Crippen molar-refractivity contribution in [2.45, 2.75) is 19.6 Å². The minimum Gasteiger partial charge on any atom is -0.322 e. The van der Waals surface area contributed by atoms with E-state index in [-0.39, 0.29) is 11.7 Å². The van der Waals surface area contributed by atoms with Gasteiger partial charge < -0.3 is 10.2 Å². The van der Waals surface area contributed by atoms with Crippen molar-refractivity contribution in [1.29, 1.82) is 0 Å². The predicted molar refractivity (Wildman–Crippen MR) is 112 cm³/mol. The molecular weight excluding hydrogens is 374 g/mol. The van der Waals surface area contributed by atoms with Crippen LogP contribution in [0.3, 0.4) is 0 Å². The number of nitrogens with zero attached hydrogens (tertiary/aromatic N) is 2. The number of anilines is 1. The van der Waals surface area contributed by atoms with Gasteiger partial charge in [0.05, 0.1) is 5.75 Å². The number of carbonyl (C=O) groups is 1. The van der Waals surface area contributed by atoms with Crippen molar-refractivity contribution >= 4 is 21.6 Å². The number of aryl methyl sites for hydroxylation is 2. The van der Waals surface area contributed by atoms with E-state index >= 15 is 0 Å². The number of likely N-dealkylation sites (N-methyl/N-ethyl adjacent to an activating group) is 1. The second-order valence-corrected chi connectivity index (χ2v) is 9.40. The first kappa shape index (κ1) is 20.5. The Hall–Kier alpha value is -2.22. The first-order valence-corrected chi connectivity index (χ1v) is 11.0. The average molecular weight is 402 g/mol. The summed E-state index contributed by atoms with van der Waals surface area (Å²) in [7, 11) is -1.35. The average Bonchev–Trinajstić information content (AvgIpc) is 2.65. The summed E-state index contributed by atoms with van der Waals surface area (Å²) in [6.07, 6.45) is 0. The standard InChI is InChI=1S/C21H27N3O3S/c1-16-4-5-17(2)20(14-16)22-21(25)19-8-6-18(7-9-19)15-28(26,27)24-12-10-23(3)11-13-24/h4-9,14H,10-13,15H2,1-3H3,(H,22,25). The first-order chi connectivity index (χ1) is 13.2. The summed E-state index contributed by atoms with van der Waals surface area (Å²) < 4.78 is 26.8. The van der Waals surface area contributed by atoms with Crippen LogP contribution < -0.4 is 5.32 Å². The summed E-state index contributed by atoms with van der Waals surface area (Å²) in [4.78, 5) is 14.6. The fraction of sp³-hybridized carbons (Fsp3) is 0.381. The van der Waals surface area contributed by atoms with Crippen LogP contribution in [0.15, 0.2) is 42.5 Å². The van der Waals surface area contributed by atoms with Gasteiger partial charge in [0.15, 0.2) is 0 Å². The number of nitrogens with one attached hydrogen (secondary N) is 1. The maximum atomic E-state index is 12.6. The van der Waals surface area contributed by atoms with E-state index < -0.39 is 10.0 Å². The minimum absolute atomic E-state index is 0.0460. The third-order valence-corrected chi connectivity index (χ3v) is 6.91. The van der Waals surface area contributed by atoms with Crippen molar-refractivity contribution in [2.75, 3.05) is 38.5 Å². The van der Waals surface area contributed by atoms with Gasteiger partial charge in [0.2, 0.25) is 10.0 Å². The molecule has 1 fully saturated rings. The molecular formula is C21H27N3O3S. The molecule has 2 aromatic carbocycles. The summed E-state index contributed by atoms with van der Waals surface area (Å²) >= 11 is 0. The molecule has 1 saturated heterocycles. The number of amides is 1. The Morgan fingerprint density at radius 3 is 2.29 bits per heavy atom. The molecule has 0 saturated carbocycles. The lowest BCUT2D eigenvalue weighted by Crippen LogP contribution is -2.47. The van der Waals surface area contributed by atoms with Crippen LogP contribution in [0.25, 0.3) is 0 Å². The Bertz CT molecular complexity index is 947. The van der Waals surface area contributed by atoms with E-state index in [4.69, 9.17) is 0 Å². The van der Waals surface area contributed by atoms with Crippen molar-refractivity contribution in [3.05, 3.63) is 64.7 Å². The van der Waals surface area contributed by atoms with E-state index in [1.54, 1.807) is 28.6 Å². The highest BCUT2D eigenvalue weighted by molar-refractivity contribution is 7.88. The lowest BCUT2D eigenvalue weighted by Gasteiger charge is -2.31. The van der Waals surface area contributed by atoms with Crippen LogP contribution in [0, 0.1) is 13.8 Å². The number of rotatable bonds is 5. The van der Waals surface area contributed by atoms with Crippen molar-refractivity contribution in [3.63, 3.8) is 0 Å². The fourth-order valence-corrected chi connectivity index (χ4v) is 4.70.